The molecule has 19 heavy (non-hydrogen) atoms. The predicted molar refractivity (Wildman–Crippen MR) is 78.1 cm³/mol. The number of ether oxygens (including phenoxy) is 1. The molecule has 1 aromatic carbocycles. The molecule has 0 aliphatic carbocycles. The zero-order chi connectivity index (χ0) is 14.7. The summed E-state index contributed by atoms with van der Waals surface area (Å²) >= 11 is 0. The molecule has 0 bridgehead atoms. The minimum absolute atomic E-state index is 0.236. The van der Waals surface area contributed by atoms with Gasteiger partial charge in [0.1, 0.15) is 0 Å². The van der Waals surface area contributed by atoms with Crippen molar-refractivity contribution in [2.45, 2.75) is 51.5 Å². The Kier molecular flexibility index (Phi) is 4.75. The standard InChI is InChI=1S/C16H25NO2/c1-6-12-7-9-13(10-8-12)16(4,15(2,3)17)11-14(18)19-5/h7-10H,6,11,17H2,1-5H3. The monoisotopic (exact) mass is 263 g/mol. The van der Waals surface area contributed by atoms with Gasteiger partial charge in [-0.1, -0.05) is 38.1 Å². The molecule has 0 aliphatic heterocycles. The van der Waals surface area contributed by atoms with E-state index in [9.17, 15) is 4.79 Å². The molecule has 3 heteroatoms. The summed E-state index contributed by atoms with van der Waals surface area (Å²) in [5.74, 6) is -0.236. The first kappa shape index (κ1) is 15.7. The van der Waals surface area contributed by atoms with E-state index >= 15 is 0 Å². The zero-order valence-electron chi connectivity index (χ0n) is 12.6. The molecular weight excluding hydrogens is 238 g/mol. The van der Waals surface area contributed by atoms with Crippen molar-refractivity contribution in [3.05, 3.63) is 35.4 Å². The Labute approximate surface area is 116 Å². The van der Waals surface area contributed by atoms with Crippen molar-refractivity contribution < 1.29 is 9.53 Å². The molecule has 0 saturated heterocycles. The van der Waals surface area contributed by atoms with E-state index in [0.717, 1.165) is 12.0 Å². The fourth-order valence-electron chi connectivity index (χ4n) is 2.17. The summed E-state index contributed by atoms with van der Waals surface area (Å²) in [6.07, 6.45) is 1.28. The van der Waals surface area contributed by atoms with Gasteiger partial charge >= 0.3 is 5.97 Å². The second-order valence-corrected chi connectivity index (χ2v) is 5.86. The van der Waals surface area contributed by atoms with Crippen LogP contribution in [0.4, 0.5) is 0 Å². The largest absolute Gasteiger partial charge is 0.469 e. The number of rotatable bonds is 5. The van der Waals surface area contributed by atoms with E-state index in [1.807, 2.05) is 20.8 Å². The number of benzene rings is 1. The minimum atomic E-state index is -0.519. The van der Waals surface area contributed by atoms with Gasteiger partial charge in [0.15, 0.2) is 0 Å². The van der Waals surface area contributed by atoms with Crippen LogP contribution in [-0.4, -0.2) is 18.6 Å². The van der Waals surface area contributed by atoms with Crippen molar-refractivity contribution in [2.24, 2.45) is 5.73 Å². The number of carbonyl (C=O) groups is 1. The van der Waals surface area contributed by atoms with Gasteiger partial charge in [-0.2, -0.15) is 0 Å². The van der Waals surface area contributed by atoms with E-state index in [0.29, 0.717) is 0 Å². The van der Waals surface area contributed by atoms with Crippen molar-refractivity contribution in [3.63, 3.8) is 0 Å². The SMILES string of the molecule is CCc1ccc(C(C)(CC(=O)OC)C(C)(C)N)cc1. The quantitative estimate of drug-likeness (QED) is 0.831. The molecule has 0 aliphatic rings. The summed E-state index contributed by atoms with van der Waals surface area (Å²) in [5.41, 5.74) is 7.69. The number of esters is 1. The third-order valence-electron chi connectivity index (χ3n) is 4.15. The molecule has 0 saturated carbocycles. The highest BCUT2D eigenvalue weighted by molar-refractivity contribution is 5.71. The molecule has 1 unspecified atom stereocenters. The van der Waals surface area contributed by atoms with Crippen LogP contribution < -0.4 is 5.73 Å². The molecular formula is C16H25NO2. The number of hydrogen-bond acceptors (Lipinski definition) is 3. The summed E-state index contributed by atoms with van der Waals surface area (Å²) < 4.78 is 4.81. The Morgan fingerprint density at radius 1 is 1.21 bits per heavy atom. The fourth-order valence-corrected chi connectivity index (χ4v) is 2.17. The lowest BCUT2D eigenvalue weighted by molar-refractivity contribution is -0.142. The summed E-state index contributed by atoms with van der Waals surface area (Å²) in [6.45, 7) is 8.04. The summed E-state index contributed by atoms with van der Waals surface area (Å²) in [5, 5.41) is 0. The first-order valence-corrected chi connectivity index (χ1v) is 6.69. The molecule has 3 nitrogen and oxygen atoms in total. The van der Waals surface area contributed by atoms with E-state index in [-0.39, 0.29) is 12.4 Å². The Bertz CT molecular complexity index is 431. The van der Waals surface area contributed by atoms with Crippen molar-refractivity contribution in [2.75, 3.05) is 7.11 Å². The van der Waals surface area contributed by atoms with Crippen LogP contribution in [0, 0.1) is 0 Å². The third kappa shape index (κ3) is 3.35. The third-order valence-corrected chi connectivity index (χ3v) is 4.15. The fraction of sp³-hybridized carbons (Fsp3) is 0.562. The first-order chi connectivity index (χ1) is 8.74. The Hall–Kier alpha value is -1.35. The average Bonchev–Trinajstić information content (AvgIpc) is 2.37. The highest BCUT2D eigenvalue weighted by Gasteiger charge is 2.41. The Morgan fingerprint density at radius 2 is 1.74 bits per heavy atom. The molecule has 106 valence electrons. The maximum absolute atomic E-state index is 11.7. The van der Waals surface area contributed by atoms with Crippen molar-refractivity contribution in [1.82, 2.24) is 0 Å². The second kappa shape index (κ2) is 5.74. The Morgan fingerprint density at radius 3 is 2.11 bits per heavy atom. The van der Waals surface area contributed by atoms with Crippen LogP contribution in [0.3, 0.4) is 0 Å². The number of aryl methyl sites for hydroxylation is 1. The topological polar surface area (TPSA) is 52.3 Å². The highest BCUT2D eigenvalue weighted by Crippen LogP contribution is 2.37. The van der Waals surface area contributed by atoms with Gasteiger partial charge < -0.3 is 10.5 Å². The van der Waals surface area contributed by atoms with Crippen LogP contribution in [-0.2, 0) is 21.4 Å². The van der Waals surface area contributed by atoms with Crippen LogP contribution in [0.1, 0.15) is 45.2 Å². The van der Waals surface area contributed by atoms with Gasteiger partial charge in [-0.05, 0) is 31.4 Å². The van der Waals surface area contributed by atoms with Gasteiger partial charge in [-0.3, -0.25) is 4.79 Å². The predicted octanol–water partition coefficient (Wildman–Crippen LogP) is 2.81. The van der Waals surface area contributed by atoms with Crippen LogP contribution in [0.5, 0.6) is 0 Å². The first-order valence-electron chi connectivity index (χ1n) is 6.69. The smallest absolute Gasteiger partial charge is 0.306 e. The highest BCUT2D eigenvalue weighted by atomic mass is 16.5. The minimum Gasteiger partial charge on any atom is -0.469 e. The summed E-state index contributed by atoms with van der Waals surface area (Å²) in [7, 11) is 1.41. The van der Waals surface area contributed by atoms with Crippen molar-refractivity contribution >= 4 is 5.97 Å². The lowest BCUT2D eigenvalue weighted by Crippen LogP contribution is -2.53. The lowest BCUT2D eigenvalue weighted by atomic mass is 9.66. The molecule has 1 atom stereocenters. The van der Waals surface area contributed by atoms with E-state index in [2.05, 4.69) is 31.2 Å². The summed E-state index contributed by atoms with van der Waals surface area (Å²) in [6, 6.07) is 8.32. The zero-order valence-corrected chi connectivity index (χ0v) is 12.6. The number of hydrogen-bond donors (Lipinski definition) is 1. The van der Waals surface area contributed by atoms with Crippen LogP contribution in [0.25, 0.3) is 0 Å². The van der Waals surface area contributed by atoms with Crippen molar-refractivity contribution in [3.8, 4) is 0 Å². The van der Waals surface area contributed by atoms with E-state index in [4.69, 9.17) is 10.5 Å². The molecule has 0 radical (unpaired) electrons. The number of methoxy groups -OCH3 is 1. The summed E-state index contributed by atoms with van der Waals surface area (Å²) in [4.78, 5) is 11.7. The van der Waals surface area contributed by atoms with Crippen molar-refractivity contribution in [1.29, 1.82) is 0 Å². The van der Waals surface area contributed by atoms with Gasteiger partial charge in [0.05, 0.1) is 13.5 Å². The lowest BCUT2D eigenvalue weighted by Gasteiger charge is -2.41. The van der Waals surface area contributed by atoms with Crippen LogP contribution in [0.15, 0.2) is 24.3 Å². The number of nitrogens with two attached hydrogens (primary N) is 1. The molecule has 0 aromatic heterocycles. The Balaban J connectivity index is 3.19. The maximum Gasteiger partial charge on any atom is 0.306 e. The average molecular weight is 263 g/mol. The van der Waals surface area contributed by atoms with Crippen LogP contribution >= 0.6 is 0 Å². The van der Waals surface area contributed by atoms with Crippen LogP contribution in [0.2, 0.25) is 0 Å². The van der Waals surface area contributed by atoms with Gasteiger partial charge in [-0.25, -0.2) is 0 Å². The number of carbonyl (C=O) groups excluding carboxylic acids is 1. The molecule has 0 spiro atoms. The van der Waals surface area contributed by atoms with Gasteiger partial charge in [0.2, 0.25) is 0 Å². The normalized spacial score (nSPS) is 14.8. The molecule has 1 aromatic rings. The maximum atomic E-state index is 11.7. The van der Waals surface area contributed by atoms with Gasteiger partial charge in [0.25, 0.3) is 0 Å². The molecule has 2 N–H and O–H groups in total. The van der Waals surface area contributed by atoms with Gasteiger partial charge in [-0.15, -0.1) is 0 Å². The van der Waals surface area contributed by atoms with Gasteiger partial charge in [0, 0.05) is 11.0 Å². The molecule has 0 heterocycles. The molecule has 0 fully saturated rings. The van der Waals surface area contributed by atoms with E-state index in [1.165, 1.54) is 12.7 Å². The molecule has 0 amide bonds. The second-order valence-electron chi connectivity index (χ2n) is 5.86. The molecule has 1 rings (SSSR count). The van der Waals surface area contributed by atoms with E-state index < -0.39 is 11.0 Å². The van der Waals surface area contributed by atoms with E-state index in [1.54, 1.807) is 0 Å².